The summed E-state index contributed by atoms with van der Waals surface area (Å²) in [6.07, 6.45) is 3.46. The minimum atomic E-state index is -4.36. The maximum atomic E-state index is 13.1. The third-order valence-electron chi connectivity index (χ3n) is 7.75. The summed E-state index contributed by atoms with van der Waals surface area (Å²) in [5, 5.41) is 12.7. The van der Waals surface area contributed by atoms with Gasteiger partial charge in [-0.05, 0) is 79.7 Å². The summed E-state index contributed by atoms with van der Waals surface area (Å²) in [6, 6.07) is 19.7. The van der Waals surface area contributed by atoms with E-state index in [4.69, 9.17) is 4.74 Å². The van der Waals surface area contributed by atoms with E-state index in [2.05, 4.69) is 15.1 Å². The average Bonchev–Trinajstić information content (AvgIpc) is 3.00. The molecule has 1 fully saturated rings. The van der Waals surface area contributed by atoms with Crippen molar-refractivity contribution in [2.24, 2.45) is 0 Å². The van der Waals surface area contributed by atoms with Crippen LogP contribution in [0.2, 0.25) is 0 Å². The maximum absolute atomic E-state index is 13.1. The van der Waals surface area contributed by atoms with Crippen molar-refractivity contribution < 1.29 is 27.8 Å². The largest absolute Gasteiger partial charge is 0.508 e. The second-order valence-electron chi connectivity index (χ2n) is 10.6. The van der Waals surface area contributed by atoms with Gasteiger partial charge in [-0.2, -0.15) is 13.2 Å². The molecule has 0 bridgehead atoms. The molecule has 0 saturated carbocycles. The van der Waals surface area contributed by atoms with E-state index in [1.54, 1.807) is 24.5 Å². The lowest BCUT2D eigenvalue weighted by molar-refractivity contribution is -0.137. The van der Waals surface area contributed by atoms with Gasteiger partial charge in [0.15, 0.2) is 0 Å². The Morgan fingerprint density at radius 1 is 0.976 bits per heavy atom. The maximum Gasteiger partial charge on any atom is 0.416 e. The highest BCUT2D eigenvalue weighted by Crippen LogP contribution is 2.31. The molecule has 2 heterocycles. The molecule has 6 nitrogen and oxygen atoms in total. The normalized spacial score (nSPS) is 16.2. The molecule has 1 amide bonds. The van der Waals surface area contributed by atoms with Crippen molar-refractivity contribution >= 4 is 11.7 Å². The molecule has 5 rings (SSSR count). The Labute approximate surface area is 243 Å². The van der Waals surface area contributed by atoms with Crippen LogP contribution in [-0.4, -0.2) is 53.5 Å². The van der Waals surface area contributed by atoms with Crippen molar-refractivity contribution in [2.75, 3.05) is 32.7 Å². The van der Waals surface area contributed by atoms with Gasteiger partial charge < -0.3 is 25.0 Å². The summed E-state index contributed by atoms with van der Waals surface area (Å²) >= 11 is 0. The molecule has 1 saturated heterocycles. The van der Waals surface area contributed by atoms with E-state index >= 15 is 0 Å². The molecule has 2 N–H and O–H groups in total. The lowest BCUT2D eigenvalue weighted by Crippen LogP contribution is -2.38. The Hall–Kier alpha value is -4.24. The van der Waals surface area contributed by atoms with Crippen molar-refractivity contribution in [1.82, 2.24) is 15.1 Å². The van der Waals surface area contributed by atoms with Crippen LogP contribution < -0.4 is 5.32 Å². The van der Waals surface area contributed by atoms with Crippen LogP contribution in [0.4, 0.5) is 13.2 Å². The molecule has 3 aromatic rings. The van der Waals surface area contributed by atoms with Gasteiger partial charge in [-0.15, -0.1) is 0 Å². The molecule has 220 valence electrons. The Morgan fingerprint density at radius 3 is 2.48 bits per heavy atom. The highest BCUT2D eigenvalue weighted by Gasteiger charge is 2.30. The molecular formula is C33H34F3N3O3. The van der Waals surface area contributed by atoms with E-state index in [0.29, 0.717) is 24.3 Å². The number of piperidine rings is 1. The number of rotatable bonds is 9. The molecular weight excluding hydrogens is 543 g/mol. The fourth-order valence-electron chi connectivity index (χ4n) is 5.41. The number of nitrogens with zero attached hydrogens (tertiary/aromatic N) is 2. The number of carbonyl (C=O) groups excluding carboxylic acids is 1. The van der Waals surface area contributed by atoms with Crippen molar-refractivity contribution in [3.05, 3.63) is 119 Å². The van der Waals surface area contributed by atoms with E-state index in [9.17, 15) is 23.1 Å². The number of hydrogen-bond donors (Lipinski definition) is 2. The van der Waals surface area contributed by atoms with Crippen LogP contribution in [0.15, 0.2) is 91.5 Å². The van der Waals surface area contributed by atoms with Gasteiger partial charge in [0.25, 0.3) is 5.91 Å². The molecule has 0 atom stereocenters. The minimum Gasteiger partial charge on any atom is -0.508 e. The van der Waals surface area contributed by atoms with Gasteiger partial charge in [0.2, 0.25) is 0 Å². The number of halogens is 3. The first-order chi connectivity index (χ1) is 20.3. The van der Waals surface area contributed by atoms with Gasteiger partial charge in [0.1, 0.15) is 17.8 Å². The van der Waals surface area contributed by atoms with Crippen LogP contribution in [0.1, 0.15) is 51.4 Å². The van der Waals surface area contributed by atoms with Crippen molar-refractivity contribution in [3.63, 3.8) is 0 Å². The summed E-state index contributed by atoms with van der Waals surface area (Å²) in [6.45, 7) is 3.86. The summed E-state index contributed by atoms with van der Waals surface area (Å²) < 4.78 is 44.0. The minimum absolute atomic E-state index is 0.159. The summed E-state index contributed by atoms with van der Waals surface area (Å²) in [5.74, 6) is 0.992. The number of phenolic OH excluding ortho intramolecular Hbond substituents is 1. The molecule has 2 aliphatic heterocycles. The summed E-state index contributed by atoms with van der Waals surface area (Å²) in [5.41, 5.74) is 2.57. The van der Waals surface area contributed by atoms with Gasteiger partial charge >= 0.3 is 6.18 Å². The van der Waals surface area contributed by atoms with Crippen LogP contribution in [-0.2, 0) is 17.3 Å². The number of carbonyl (C=O) groups is 1. The number of phenols is 1. The number of amides is 1. The zero-order valence-electron chi connectivity index (χ0n) is 23.2. The fraction of sp³-hybridized carbons (Fsp3) is 0.303. The summed E-state index contributed by atoms with van der Waals surface area (Å²) in [4.78, 5) is 17.6. The Balaban J connectivity index is 1.10. The molecule has 0 aliphatic carbocycles. The zero-order chi connectivity index (χ0) is 29.5. The molecule has 9 heteroatoms. The number of alkyl halides is 3. The van der Waals surface area contributed by atoms with E-state index < -0.39 is 11.7 Å². The number of likely N-dealkylation sites (tertiary alicyclic amines) is 1. The molecule has 2 aliphatic rings. The van der Waals surface area contributed by atoms with Crippen LogP contribution in [0.5, 0.6) is 5.75 Å². The van der Waals surface area contributed by atoms with E-state index in [1.807, 2.05) is 42.7 Å². The van der Waals surface area contributed by atoms with Crippen molar-refractivity contribution in [1.29, 1.82) is 0 Å². The lowest BCUT2D eigenvalue weighted by Gasteiger charge is -2.34. The monoisotopic (exact) mass is 577 g/mol. The predicted octanol–water partition coefficient (Wildman–Crippen LogP) is 6.36. The highest BCUT2D eigenvalue weighted by atomic mass is 19.4. The second kappa shape index (κ2) is 13.2. The number of nitrogens with one attached hydrogen (secondary N) is 1. The van der Waals surface area contributed by atoms with Crippen LogP contribution in [0.3, 0.4) is 0 Å². The van der Waals surface area contributed by atoms with Crippen LogP contribution in [0, 0.1) is 0 Å². The summed E-state index contributed by atoms with van der Waals surface area (Å²) in [7, 11) is 0. The van der Waals surface area contributed by atoms with Crippen LogP contribution in [0.25, 0.3) is 5.76 Å². The average molecular weight is 578 g/mol. The number of hydrogen-bond acceptors (Lipinski definition) is 5. The molecule has 3 aromatic carbocycles. The van der Waals surface area contributed by atoms with Crippen LogP contribution >= 0.6 is 0 Å². The topological polar surface area (TPSA) is 65.0 Å². The first kappa shape index (κ1) is 29.3. The third-order valence-corrected chi connectivity index (χ3v) is 7.75. The SMILES string of the molecule is O=C(NCCc1ccc(C(F)(F)F)cc1)c1ccccc1C1CCN(CCN2C=COC(c3cccc(O)c3)=C2)CC1. The van der Waals surface area contributed by atoms with Crippen molar-refractivity contribution in [3.8, 4) is 5.75 Å². The quantitative estimate of drug-likeness (QED) is 0.310. The van der Waals surface area contributed by atoms with Crippen molar-refractivity contribution in [2.45, 2.75) is 31.4 Å². The molecule has 42 heavy (non-hydrogen) atoms. The number of ether oxygens (including phenoxy) is 1. The third kappa shape index (κ3) is 7.53. The standard InChI is InChI=1S/C33H34F3N3O3/c34-33(35,36)27-10-8-24(9-11-27)12-15-37-32(41)30-7-2-1-6-29(30)25-13-16-38(17-14-25)18-19-39-20-21-42-31(23-39)26-4-3-5-28(40)22-26/h1-11,20-23,25,40H,12-19H2,(H,37,41). The van der Waals surface area contributed by atoms with Gasteiger partial charge in [-0.1, -0.05) is 42.5 Å². The molecule has 0 radical (unpaired) electrons. The van der Waals surface area contributed by atoms with Gasteiger partial charge in [0.05, 0.1) is 5.56 Å². The van der Waals surface area contributed by atoms with E-state index in [1.165, 1.54) is 12.1 Å². The van der Waals surface area contributed by atoms with Gasteiger partial charge in [0, 0.05) is 43.2 Å². The first-order valence-corrected chi connectivity index (χ1v) is 14.1. The molecule has 0 unspecified atom stereocenters. The zero-order valence-corrected chi connectivity index (χ0v) is 23.2. The Kier molecular flexibility index (Phi) is 9.17. The number of benzene rings is 3. The second-order valence-corrected chi connectivity index (χ2v) is 10.6. The Bertz CT molecular complexity index is 1430. The van der Waals surface area contributed by atoms with E-state index in [-0.39, 0.29) is 17.6 Å². The Morgan fingerprint density at radius 2 is 1.74 bits per heavy atom. The van der Waals surface area contributed by atoms with Gasteiger partial charge in [-0.3, -0.25) is 4.79 Å². The highest BCUT2D eigenvalue weighted by molar-refractivity contribution is 5.95. The first-order valence-electron chi connectivity index (χ1n) is 14.1. The molecule has 0 spiro atoms. The smallest absolute Gasteiger partial charge is 0.416 e. The number of aromatic hydroxyl groups is 1. The fourth-order valence-corrected chi connectivity index (χ4v) is 5.41. The van der Waals surface area contributed by atoms with Gasteiger partial charge in [-0.25, -0.2) is 0 Å². The molecule has 0 aromatic heterocycles. The predicted molar refractivity (Wildman–Crippen MR) is 155 cm³/mol. The lowest BCUT2D eigenvalue weighted by atomic mass is 9.86. The van der Waals surface area contributed by atoms with E-state index in [0.717, 1.165) is 67.8 Å².